The van der Waals surface area contributed by atoms with E-state index in [1.165, 1.54) is 121 Å². The predicted molar refractivity (Wildman–Crippen MR) is 294 cm³/mol. The van der Waals surface area contributed by atoms with Gasteiger partial charge in [-0.1, -0.05) is 231 Å². The number of nitrogens with zero attached hydrogens (tertiary/aromatic N) is 1. The molecule has 0 bridgehead atoms. The SMILES string of the molecule is c1ccc(-c2ccc(-c3ccc(-c4ccc5c(c4)c4cc(-c6ccc(-c7ccc(-c8ccccc8)cc7)cc6)ccc4n5-c4ccc(-c5cc6ccccc6c6ccccc56)cc4)cc3)cc2)cc1. The van der Waals surface area contributed by atoms with Crippen LogP contribution in [0.3, 0.4) is 0 Å². The number of aromatic nitrogens is 1. The molecule has 0 N–H and O–H groups in total. The molecule has 1 aromatic heterocycles. The second kappa shape index (κ2) is 17.0. The molecule has 1 nitrogen and oxygen atoms in total. The van der Waals surface area contributed by atoms with Gasteiger partial charge in [-0.2, -0.15) is 0 Å². The molecular formula is C68H45N. The fourth-order valence-electron chi connectivity index (χ4n) is 10.4. The molecule has 0 aliphatic heterocycles. The molecule has 1 heteroatoms. The van der Waals surface area contributed by atoms with Crippen molar-refractivity contribution in [2.75, 3.05) is 0 Å². The Kier molecular flexibility index (Phi) is 9.91. The second-order valence-corrected chi connectivity index (χ2v) is 18.1. The zero-order valence-corrected chi connectivity index (χ0v) is 37.9. The number of benzene rings is 12. The summed E-state index contributed by atoms with van der Waals surface area (Å²) in [6.45, 7) is 0. The first-order valence-electron chi connectivity index (χ1n) is 23.8. The molecule has 0 unspecified atom stereocenters. The van der Waals surface area contributed by atoms with Crippen molar-refractivity contribution in [1.82, 2.24) is 4.57 Å². The number of hydrogen-bond acceptors (Lipinski definition) is 0. The van der Waals surface area contributed by atoms with Gasteiger partial charge in [-0.15, -0.1) is 0 Å². The van der Waals surface area contributed by atoms with Crippen LogP contribution in [0.15, 0.2) is 273 Å². The second-order valence-electron chi connectivity index (χ2n) is 18.1. The van der Waals surface area contributed by atoms with Gasteiger partial charge in [-0.05, 0) is 142 Å². The normalized spacial score (nSPS) is 11.5. The van der Waals surface area contributed by atoms with E-state index in [1.807, 2.05) is 0 Å². The van der Waals surface area contributed by atoms with Crippen LogP contribution in [0.1, 0.15) is 0 Å². The lowest BCUT2D eigenvalue weighted by molar-refractivity contribution is 1.18. The maximum atomic E-state index is 2.44. The van der Waals surface area contributed by atoms with Crippen LogP contribution in [0.5, 0.6) is 0 Å². The highest BCUT2D eigenvalue weighted by atomic mass is 15.0. The highest BCUT2D eigenvalue weighted by Gasteiger charge is 2.17. The van der Waals surface area contributed by atoms with Crippen LogP contribution in [0, 0.1) is 0 Å². The van der Waals surface area contributed by atoms with Gasteiger partial charge in [-0.25, -0.2) is 0 Å². The summed E-state index contributed by atoms with van der Waals surface area (Å²) in [6.07, 6.45) is 0. The molecule has 13 aromatic rings. The topological polar surface area (TPSA) is 4.93 Å². The highest BCUT2D eigenvalue weighted by Crippen LogP contribution is 2.40. The van der Waals surface area contributed by atoms with E-state index in [0.717, 1.165) is 5.69 Å². The lowest BCUT2D eigenvalue weighted by atomic mass is 9.93. The molecule has 0 amide bonds. The minimum atomic E-state index is 1.13. The summed E-state index contributed by atoms with van der Waals surface area (Å²) >= 11 is 0. The van der Waals surface area contributed by atoms with Crippen LogP contribution < -0.4 is 0 Å². The molecule has 12 aromatic carbocycles. The van der Waals surface area contributed by atoms with E-state index in [-0.39, 0.29) is 0 Å². The van der Waals surface area contributed by atoms with Gasteiger partial charge in [0.1, 0.15) is 0 Å². The quantitative estimate of drug-likeness (QED) is 0.134. The Labute approximate surface area is 402 Å². The summed E-state index contributed by atoms with van der Waals surface area (Å²) in [5, 5.41) is 7.54. The molecule has 1 heterocycles. The number of hydrogen-bond donors (Lipinski definition) is 0. The van der Waals surface area contributed by atoms with E-state index in [1.54, 1.807) is 0 Å². The van der Waals surface area contributed by atoms with E-state index in [0.29, 0.717) is 0 Å². The maximum Gasteiger partial charge on any atom is 0.0541 e. The zero-order chi connectivity index (χ0) is 45.7. The monoisotopic (exact) mass is 875 g/mol. The third-order valence-corrected chi connectivity index (χ3v) is 14.1. The van der Waals surface area contributed by atoms with Gasteiger partial charge >= 0.3 is 0 Å². The van der Waals surface area contributed by atoms with Gasteiger partial charge in [0.15, 0.2) is 0 Å². The molecular weight excluding hydrogens is 831 g/mol. The molecule has 0 radical (unpaired) electrons. The molecule has 13 rings (SSSR count). The Bertz CT molecular complexity index is 3790. The Morgan fingerprint density at radius 1 is 0.188 bits per heavy atom. The summed E-state index contributed by atoms with van der Waals surface area (Å²) in [5.74, 6) is 0. The Balaban J connectivity index is 0.879. The Morgan fingerprint density at radius 3 is 0.942 bits per heavy atom. The van der Waals surface area contributed by atoms with E-state index >= 15 is 0 Å². The van der Waals surface area contributed by atoms with Crippen LogP contribution in [-0.4, -0.2) is 4.57 Å². The largest absolute Gasteiger partial charge is 0.309 e. The van der Waals surface area contributed by atoms with Crippen molar-refractivity contribution in [3.05, 3.63) is 273 Å². The third kappa shape index (κ3) is 7.38. The minimum absolute atomic E-state index is 1.13. The van der Waals surface area contributed by atoms with Gasteiger partial charge in [0.2, 0.25) is 0 Å². The average Bonchev–Trinajstić information content (AvgIpc) is 3.76. The van der Waals surface area contributed by atoms with Gasteiger partial charge in [0, 0.05) is 16.5 Å². The summed E-state index contributed by atoms with van der Waals surface area (Å²) in [5.41, 5.74) is 20.5. The first kappa shape index (κ1) is 40.3. The molecule has 0 saturated carbocycles. The molecule has 0 aliphatic rings. The van der Waals surface area contributed by atoms with E-state index in [9.17, 15) is 0 Å². The smallest absolute Gasteiger partial charge is 0.0541 e. The summed E-state index contributed by atoms with van der Waals surface area (Å²) in [4.78, 5) is 0. The van der Waals surface area contributed by atoms with Crippen LogP contribution in [0.25, 0.3) is 127 Å². The first-order chi connectivity index (χ1) is 34.2. The van der Waals surface area contributed by atoms with E-state index < -0.39 is 0 Å². The molecule has 0 saturated heterocycles. The Hall–Kier alpha value is -9.04. The lowest BCUT2D eigenvalue weighted by Crippen LogP contribution is -1.94. The third-order valence-electron chi connectivity index (χ3n) is 14.1. The average molecular weight is 876 g/mol. The summed E-state index contributed by atoms with van der Waals surface area (Å²) in [6, 6.07) is 99.9. The van der Waals surface area contributed by atoms with Crippen molar-refractivity contribution in [2.24, 2.45) is 0 Å². The standard InChI is InChI=1S/C68H45N/c1-3-11-46(12-4-1)48-19-23-50(24-20-48)52-27-31-54(32-28-52)57-37-41-67-65(43-57)66-44-58(55-33-29-53(30-34-55)51-25-21-49(22-26-51)47-13-5-2-6-14-47)38-42-68(66)69(67)60-39-35-56(36-40-60)64-45-59-15-7-8-16-61(59)62-17-9-10-18-63(62)64/h1-45H. The van der Waals surface area contributed by atoms with Crippen LogP contribution in [-0.2, 0) is 0 Å². The van der Waals surface area contributed by atoms with E-state index in [2.05, 4.69) is 278 Å². The molecule has 322 valence electrons. The van der Waals surface area contributed by atoms with Crippen LogP contribution in [0.4, 0.5) is 0 Å². The maximum absolute atomic E-state index is 2.44. The summed E-state index contributed by atoms with van der Waals surface area (Å²) in [7, 11) is 0. The van der Waals surface area contributed by atoms with E-state index in [4.69, 9.17) is 0 Å². The predicted octanol–water partition coefficient (Wildman–Crippen LogP) is 18.8. The number of rotatable bonds is 8. The van der Waals surface area contributed by atoms with Gasteiger partial charge in [-0.3, -0.25) is 0 Å². The Morgan fingerprint density at radius 2 is 0.507 bits per heavy atom. The zero-order valence-electron chi connectivity index (χ0n) is 37.9. The lowest BCUT2D eigenvalue weighted by Gasteiger charge is -2.13. The molecule has 69 heavy (non-hydrogen) atoms. The van der Waals surface area contributed by atoms with Crippen LogP contribution >= 0.6 is 0 Å². The van der Waals surface area contributed by atoms with Crippen molar-refractivity contribution < 1.29 is 0 Å². The minimum Gasteiger partial charge on any atom is -0.309 e. The summed E-state index contributed by atoms with van der Waals surface area (Å²) < 4.78 is 2.44. The molecule has 0 spiro atoms. The van der Waals surface area contributed by atoms with Crippen molar-refractivity contribution in [1.29, 1.82) is 0 Å². The van der Waals surface area contributed by atoms with Crippen molar-refractivity contribution >= 4 is 43.4 Å². The highest BCUT2D eigenvalue weighted by molar-refractivity contribution is 6.14. The fourth-order valence-corrected chi connectivity index (χ4v) is 10.4. The van der Waals surface area contributed by atoms with Crippen molar-refractivity contribution in [2.45, 2.75) is 0 Å². The van der Waals surface area contributed by atoms with Crippen molar-refractivity contribution in [3.63, 3.8) is 0 Å². The first-order valence-corrected chi connectivity index (χ1v) is 23.8. The van der Waals surface area contributed by atoms with Crippen LogP contribution in [0.2, 0.25) is 0 Å². The molecule has 0 fully saturated rings. The van der Waals surface area contributed by atoms with Crippen molar-refractivity contribution in [3.8, 4) is 83.6 Å². The number of fused-ring (bicyclic) bond motifs is 6. The van der Waals surface area contributed by atoms with Gasteiger partial charge in [0.25, 0.3) is 0 Å². The fraction of sp³-hybridized carbons (Fsp3) is 0. The molecule has 0 atom stereocenters. The molecule has 0 aliphatic carbocycles. The van der Waals surface area contributed by atoms with Gasteiger partial charge in [0.05, 0.1) is 11.0 Å². The van der Waals surface area contributed by atoms with Gasteiger partial charge < -0.3 is 4.57 Å².